The fraction of sp³-hybridized carbons (Fsp3) is 0.143. The lowest BCUT2D eigenvalue weighted by atomic mass is 10.1. The topological polar surface area (TPSA) is 59.4 Å². The summed E-state index contributed by atoms with van der Waals surface area (Å²) >= 11 is 0. The predicted octanol–water partition coefficient (Wildman–Crippen LogP) is 3.29. The molecule has 2 aromatic rings. The molecule has 1 amide bonds. The highest BCUT2D eigenvalue weighted by Crippen LogP contribution is 2.22. The quantitative estimate of drug-likeness (QED) is 0.850. The molecule has 0 bridgehead atoms. The van der Waals surface area contributed by atoms with Crippen LogP contribution in [0.2, 0.25) is 0 Å². The molecule has 0 spiro atoms. The van der Waals surface area contributed by atoms with Crippen molar-refractivity contribution in [3.05, 3.63) is 48.7 Å². The zero-order chi connectivity index (χ0) is 16.4. The smallest absolute Gasteiger partial charge is 0.261 e. The minimum absolute atomic E-state index is 0.0461. The Labute approximate surface area is 125 Å². The molecule has 1 atom stereocenters. The summed E-state index contributed by atoms with van der Waals surface area (Å²) in [5.74, 6) is -2.35. The molecule has 116 valence electrons. The second-order valence-corrected chi connectivity index (χ2v) is 6.70. The summed E-state index contributed by atoms with van der Waals surface area (Å²) in [5, 5.41) is 0. The third kappa shape index (κ3) is 3.70. The predicted molar refractivity (Wildman–Crippen MR) is 75.5 cm³/mol. The molecule has 0 aliphatic rings. The lowest BCUT2D eigenvalue weighted by molar-refractivity contribution is -0.169. The summed E-state index contributed by atoms with van der Waals surface area (Å²) in [4.78, 5) is 15.0. The van der Waals surface area contributed by atoms with Gasteiger partial charge >= 0.3 is 12.1 Å². The summed E-state index contributed by atoms with van der Waals surface area (Å²) in [5.41, 5.74) is 1.38. The molecule has 0 saturated heterocycles. The van der Waals surface area contributed by atoms with Crippen LogP contribution >= 0.6 is 0 Å². The Balaban J connectivity index is 2.36. The number of rotatable bonds is 2. The number of carbonyl (C=O) groups is 1. The van der Waals surface area contributed by atoms with E-state index in [1.165, 1.54) is 12.1 Å². The fourth-order valence-corrected chi connectivity index (χ4v) is 2.84. The van der Waals surface area contributed by atoms with Gasteiger partial charge in [-0.2, -0.15) is 13.2 Å². The van der Waals surface area contributed by atoms with E-state index in [1.807, 2.05) is 0 Å². The maximum absolute atomic E-state index is 12.2. The number of halogens is 3. The van der Waals surface area contributed by atoms with Crippen LogP contribution in [0.4, 0.5) is 13.2 Å². The van der Waals surface area contributed by atoms with Crippen LogP contribution in [0.5, 0.6) is 0 Å². The van der Waals surface area contributed by atoms with Crippen LogP contribution in [0.3, 0.4) is 0 Å². The first-order chi connectivity index (χ1) is 10.2. The van der Waals surface area contributed by atoms with Crippen molar-refractivity contribution in [2.45, 2.75) is 11.1 Å². The van der Waals surface area contributed by atoms with Crippen LogP contribution in [0.15, 0.2) is 57.9 Å². The third-order valence-electron chi connectivity index (χ3n) is 2.75. The number of nitrogens with zero attached hydrogens (tertiary/aromatic N) is 2. The van der Waals surface area contributed by atoms with Gasteiger partial charge in [-0.1, -0.05) is 18.2 Å². The molecule has 0 aliphatic heterocycles. The number of aromatic nitrogens is 1. The Morgan fingerprint density at radius 2 is 1.77 bits per heavy atom. The van der Waals surface area contributed by atoms with Crippen LogP contribution in [-0.4, -0.2) is 27.5 Å². The summed E-state index contributed by atoms with van der Waals surface area (Å²) in [6, 6.07) is 11.2. The molecule has 1 unspecified atom stereocenters. The van der Waals surface area contributed by atoms with Gasteiger partial charge in [0, 0.05) is 22.9 Å². The molecule has 1 heterocycles. The standard InChI is InChI=1S/C14H11F3N2O2S/c1-22(21,19-13(20)14(15,16)17)11-7-5-10(6-8-11)12-4-2-3-9-18-12/h2-9H,1H3. The number of pyridine rings is 1. The van der Waals surface area contributed by atoms with Gasteiger partial charge in [-0.15, -0.1) is 4.36 Å². The highest BCUT2D eigenvalue weighted by atomic mass is 32.2. The van der Waals surface area contributed by atoms with Crippen LogP contribution in [0.1, 0.15) is 0 Å². The minimum Gasteiger partial charge on any atom is -0.261 e. The average molecular weight is 328 g/mol. The van der Waals surface area contributed by atoms with E-state index in [0.717, 1.165) is 6.26 Å². The summed E-state index contributed by atoms with van der Waals surface area (Å²) in [6.45, 7) is 0. The number of hydrogen-bond donors (Lipinski definition) is 0. The molecule has 2 rings (SSSR count). The van der Waals surface area contributed by atoms with Gasteiger partial charge in [0.15, 0.2) is 0 Å². The number of benzene rings is 1. The van der Waals surface area contributed by atoms with Crippen molar-refractivity contribution in [1.82, 2.24) is 4.98 Å². The Hall–Kier alpha value is -2.22. The largest absolute Gasteiger partial charge is 0.474 e. The molecule has 4 nitrogen and oxygen atoms in total. The van der Waals surface area contributed by atoms with Crippen molar-refractivity contribution in [2.75, 3.05) is 6.26 Å². The van der Waals surface area contributed by atoms with E-state index in [0.29, 0.717) is 11.3 Å². The SMILES string of the molecule is CS(=O)(=NC(=O)C(F)(F)F)c1ccc(-c2ccccn2)cc1. The maximum atomic E-state index is 12.2. The zero-order valence-corrected chi connectivity index (χ0v) is 12.2. The van der Waals surface area contributed by atoms with Crippen LogP contribution in [-0.2, 0) is 14.5 Å². The normalized spacial score (nSPS) is 14.2. The summed E-state index contributed by atoms with van der Waals surface area (Å²) in [7, 11) is -3.46. The van der Waals surface area contributed by atoms with E-state index in [4.69, 9.17) is 0 Å². The van der Waals surface area contributed by atoms with E-state index in [-0.39, 0.29) is 4.90 Å². The van der Waals surface area contributed by atoms with Gasteiger partial charge in [0.05, 0.1) is 15.4 Å². The molecule has 0 aliphatic carbocycles. The van der Waals surface area contributed by atoms with Crippen LogP contribution in [0.25, 0.3) is 11.3 Å². The fourth-order valence-electron chi connectivity index (χ4n) is 1.67. The van der Waals surface area contributed by atoms with E-state index in [2.05, 4.69) is 9.35 Å². The molecule has 0 fully saturated rings. The van der Waals surface area contributed by atoms with Gasteiger partial charge in [-0.05, 0) is 24.3 Å². The molecular formula is C14H11F3N2O2S. The number of alkyl halides is 3. The monoisotopic (exact) mass is 328 g/mol. The highest BCUT2D eigenvalue weighted by molar-refractivity contribution is 7.93. The lowest BCUT2D eigenvalue weighted by Gasteiger charge is -2.07. The number of amides is 1. The molecule has 0 radical (unpaired) electrons. The molecular weight excluding hydrogens is 317 g/mol. The second kappa shape index (κ2) is 5.88. The second-order valence-electron chi connectivity index (χ2n) is 4.44. The van der Waals surface area contributed by atoms with Crippen molar-refractivity contribution in [2.24, 2.45) is 4.36 Å². The molecule has 0 N–H and O–H groups in total. The van der Waals surface area contributed by atoms with E-state index in [1.54, 1.807) is 36.5 Å². The van der Waals surface area contributed by atoms with Crippen LogP contribution in [0, 0.1) is 0 Å². The van der Waals surface area contributed by atoms with Crippen molar-refractivity contribution < 1.29 is 22.2 Å². The third-order valence-corrected chi connectivity index (χ3v) is 4.41. The summed E-state index contributed by atoms with van der Waals surface area (Å²) < 4.78 is 51.6. The van der Waals surface area contributed by atoms with Gasteiger partial charge in [-0.3, -0.25) is 9.78 Å². The zero-order valence-electron chi connectivity index (χ0n) is 11.4. The van der Waals surface area contributed by atoms with Gasteiger partial charge in [-0.25, -0.2) is 4.21 Å². The highest BCUT2D eigenvalue weighted by Gasteiger charge is 2.39. The van der Waals surface area contributed by atoms with Crippen molar-refractivity contribution >= 4 is 15.6 Å². The molecule has 1 aromatic carbocycles. The number of hydrogen-bond acceptors (Lipinski definition) is 3. The Morgan fingerprint density at radius 1 is 1.14 bits per heavy atom. The van der Waals surface area contributed by atoms with Crippen molar-refractivity contribution in [1.29, 1.82) is 0 Å². The van der Waals surface area contributed by atoms with E-state index < -0.39 is 21.8 Å². The first-order valence-electron chi connectivity index (χ1n) is 6.05. The molecule has 8 heteroatoms. The van der Waals surface area contributed by atoms with Gasteiger partial charge in [0.2, 0.25) is 0 Å². The molecule has 1 aromatic heterocycles. The molecule has 22 heavy (non-hydrogen) atoms. The van der Waals surface area contributed by atoms with Crippen LogP contribution < -0.4 is 0 Å². The Kier molecular flexibility index (Phi) is 4.32. The van der Waals surface area contributed by atoms with Gasteiger partial charge in [0.25, 0.3) is 0 Å². The minimum atomic E-state index is -5.13. The molecule has 0 saturated carbocycles. The number of carbonyl (C=O) groups excluding carboxylic acids is 1. The lowest BCUT2D eigenvalue weighted by Crippen LogP contribution is -2.21. The first kappa shape index (κ1) is 16.2. The van der Waals surface area contributed by atoms with Gasteiger partial charge in [0.1, 0.15) is 0 Å². The first-order valence-corrected chi connectivity index (χ1v) is 7.97. The van der Waals surface area contributed by atoms with E-state index >= 15 is 0 Å². The van der Waals surface area contributed by atoms with E-state index in [9.17, 15) is 22.2 Å². The summed E-state index contributed by atoms with van der Waals surface area (Å²) in [6.07, 6.45) is -2.54. The van der Waals surface area contributed by atoms with Crippen molar-refractivity contribution in [3.8, 4) is 11.3 Å². The maximum Gasteiger partial charge on any atom is 0.474 e. The van der Waals surface area contributed by atoms with Gasteiger partial charge < -0.3 is 0 Å². The van der Waals surface area contributed by atoms with Crippen molar-refractivity contribution in [3.63, 3.8) is 0 Å². The average Bonchev–Trinajstić information content (AvgIpc) is 2.47. The Bertz CT molecular complexity index is 793. The Morgan fingerprint density at radius 3 is 2.27 bits per heavy atom.